The first-order valence-electron chi connectivity index (χ1n) is 5.82. The van der Waals surface area contributed by atoms with E-state index in [1.807, 2.05) is 26.2 Å². The van der Waals surface area contributed by atoms with Crippen LogP contribution in [0.3, 0.4) is 0 Å². The van der Waals surface area contributed by atoms with Crippen molar-refractivity contribution in [2.24, 2.45) is 12.8 Å². The summed E-state index contributed by atoms with van der Waals surface area (Å²) in [4.78, 5) is 0. The van der Waals surface area contributed by atoms with Crippen molar-refractivity contribution in [3.63, 3.8) is 0 Å². The van der Waals surface area contributed by atoms with Crippen molar-refractivity contribution in [1.82, 2.24) is 9.78 Å². The molecule has 0 spiro atoms. The lowest BCUT2D eigenvalue weighted by Gasteiger charge is -2.17. The summed E-state index contributed by atoms with van der Waals surface area (Å²) in [7, 11) is 1.87. The SMILES string of the molecule is Cc1nn(C)cc1C(CN)Nc1cccc(F)c1. The number of nitrogens with zero attached hydrogens (tertiary/aromatic N) is 2. The number of aryl methyl sites for hydroxylation is 2. The highest BCUT2D eigenvalue weighted by Gasteiger charge is 2.15. The Balaban J connectivity index is 2.22. The fourth-order valence-electron chi connectivity index (χ4n) is 2.00. The van der Waals surface area contributed by atoms with Crippen LogP contribution in [0.1, 0.15) is 17.3 Å². The zero-order valence-corrected chi connectivity index (χ0v) is 10.5. The van der Waals surface area contributed by atoms with E-state index in [2.05, 4.69) is 10.4 Å². The number of anilines is 1. The summed E-state index contributed by atoms with van der Waals surface area (Å²) in [5, 5.41) is 7.51. The molecule has 1 atom stereocenters. The molecule has 0 bridgehead atoms. The molecule has 0 saturated carbocycles. The number of aromatic nitrogens is 2. The van der Waals surface area contributed by atoms with Crippen LogP contribution < -0.4 is 11.1 Å². The highest BCUT2D eigenvalue weighted by atomic mass is 19.1. The van der Waals surface area contributed by atoms with E-state index in [9.17, 15) is 4.39 Å². The summed E-state index contributed by atoms with van der Waals surface area (Å²) in [6, 6.07) is 6.28. The van der Waals surface area contributed by atoms with Gasteiger partial charge in [0.2, 0.25) is 0 Å². The molecular weight excluding hydrogens is 231 g/mol. The summed E-state index contributed by atoms with van der Waals surface area (Å²) >= 11 is 0. The third-order valence-electron chi connectivity index (χ3n) is 2.83. The summed E-state index contributed by atoms with van der Waals surface area (Å²) in [5.74, 6) is -0.265. The normalized spacial score (nSPS) is 12.4. The van der Waals surface area contributed by atoms with E-state index in [4.69, 9.17) is 5.73 Å². The predicted octanol–water partition coefficient (Wildman–Crippen LogP) is 1.98. The average molecular weight is 248 g/mol. The van der Waals surface area contributed by atoms with Crippen molar-refractivity contribution in [3.8, 4) is 0 Å². The van der Waals surface area contributed by atoms with E-state index in [1.165, 1.54) is 12.1 Å². The second-order valence-electron chi connectivity index (χ2n) is 4.29. The van der Waals surface area contributed by atoms with Gasteiger partial charge in [-0.1, -0.05) is 6.07 Å². The van der Waals surface area contributed by atoms with Crippen molar-refractivity contribution in [2.45, 2.75) is 13.0 Å². The first kappa shape index (κ1) is 12.6. The predicted molar refractivity (Wildman–Crippen MR) is 69.8 cm³/mol. The molecule has 2 rings (SSSR count). The van der Waals surface area contributed by atoms with Gasteiger partial charge in [-0.3, -0.25) is 4.68 Å². The molecule has 0 aliphatic rings. The third kappa shape index (κ3) is 2.68. The number of halogens is 1. The van der Waals surface area contributed by atoms with Crippen molar-refractivity contribution in [3.05, 3.63) is 47.5 Å². The minimum atomic E-state index is -0.265. The van der Waals surface area contributed by atoms with Gasteiger partial charge in [-0.15, -0.1) is 0 Å². The molecule has 3 N–H and O–H groups in total. The van der Waals surface area contributed by atoms with Crippen LogP contribution in [0.5, 0.6) is 0 Å². The van der Waals surface area contributed by atoms with Gasteiger partial charge in [0, 0.05) is 31.0 Å². The molecule has 5 heteroatoms. The topological polar surface area (TPSA) is 55.9 Å². The molecule has 1 unspecified atom stereocenters. The Bertz CT molecular complexity index is 536. The number of nitrogens with two attached hydrogens (primary N) is 1. The molecule has 0 fully saturated rings. The maximum Gasteiger partial charge on any atom is 0.125 e. The van der Waals surface area contributed by atoms with Gasteiger partial charge in [0.15, 0.2) is 0 Å². The second kappa shape index (κ2) is 5.18. The maximum atomic E-state index is 13.1. The van der Waals surface area contributed by atoms with Crippen molar-refractivity contribution in [1.29, 1.82) is 0 Å². The van der Waals surface area contributed by atoms with Gasteiger partial charge < -0.3 is 11.1 Å². The Labute approximate surface area is 106 Å². The van der Waals surface area contributed by atoms with Crippen molar-refractivity contribution < 1.29 is 4.39 Å². The molecule has 0 aliphatic heterocycles. The van der Waals surface area contributed by atoms with Gasteiger partial charge in [0.05, 0.1) is 11.7 Å². The Morgan fingerprint density at radius 3 is 2.83 bits per heavy atom. The zero-order chi connectivity index (χ0) is 13.1. The molecule has 0 saturated heterocycles. The van der Waals surface area contributed by atoms with E-state index in [0.29, 0.717) is 12.2 Å². The van der Waals surface area contributed by atoms with Crippen LogP contribution in [0.15, 0.2) is 30.5 Å². The van der Waals surface area contributed by atoms with Crippen LogP contribution >= 0.6 is 0 Å². The van der Waals surface area contributed by atoms with E-state index in [0.717, 1.165) is 11.3 Å². The lowest BCUT2D eigenvalue weighted by molar-refractivity contribution is 0.627. The van der Waals surface area contributed by atoms with Crippen LogP contribution in [0.2, 0.25) is 0 Å². The largest absolute Gasteiger partial charge is 0.377 e. The quantitative estimate of drug-likeness (QED) is 0.870. The number of rotatable bonds is 4. The Hall–Kier alpha value is -1.88. The zero-order valence-electron chi connectivity index (χ0n) is 10.5. The first-order chi connectivity index (χ1) is 8.60. The van der Waals surface area contributed by atoms with Gasteiger partial charge in [-0.25, -0.2) is 4.39 Å². The Kier molecular flexibility index (Phi) is 3.62. The van der Waals surface area contributed by atoms with Crippen LogP contribution in [-0.2, 0) is 7.05 Å². The molecule has 1 heterocycles. The number of hydrogen-bond donors (Lipinski definition) is 2. The van der Waals surface area contributed by atoms with E-state index in [1.54, 1.807) is 10.7 Å². The first-order valence-corrected chi connectivity index (χ1v) is 5.82. The second-order valence-corrected chi connectivity index (χ2v) is 4.29. The van der Waals surface area contributed by atoms with Gasteiger partial charge in [-0.05, 0) is 25.1 Å². The maximum absolute atomic E-state index is 13.1. The lowest BCUT2D eigenvalue weighted by atomic mass is 10.1. The molecule has 1 aromatic carbocycles. The van der Waals surface area contributed by atoms with Crippen LogP contribution in [0, 0.1) is 12.7 Å². The number of nitrogens with one attached hydrogen (secondary N) is 1. The van der Waals surface area contributed by atoms with Crippen LogP contribution in [0.4, 0.5) is 10.1 Å². The van der Waals surface area contributed by atoms with Gasteiger partial charge in [0.25, 0.3) is 0 Å². The highest BCUT2D eigenvalue weighted by Crippen LogP contribution is 2.21. The summed E-state index contributed by atoms with van der Waals surface area (Å²) in [6.07, 6.45) is 1.93. The highest BCUT2D eigenvalue weighted by molar-refractivity contribution is 5.46. The molecule has 96 valence electrons. The number of hydrogen-bond acceptors (Lipinski definition) is 3. The van der Waals surface area contributed by atoms with E-state index < -0.39 is 0 Å². The van der Waals surface area contributed by atoms with Gasteiger partial charge in [0.1, 0.15) is 5.82 Å². The summed E-state index contributed by atoms with van der Waals surface area (Å²) in [6.45, 7) is 2.36. The monoisotopic (exact) mass is 248 g/mol. The molecule has 0 amide bonds. The fourth-order valence-corrected chi connectivity index (χ4v) is 2.00. The van der Waals surface area contributed by atoms with Crippen LogP contribution in [-0.4, -0.2) is 16.3 Å². The van der Waals surface area contributed by atoms with Crippen molar-refractivity contribution in [2.75, 3.05) is 11.9 Å². The minimum absolute atomic E-state index is 0.0690. The third-order valence-corrected chi connectivity index (χ3v) is 2.83. The molecule has 0 aliphatic carbocycles. The molecule has 1 aromatic heterocycles. The average Bonchev–Trinajstić information content (AvgIpc) is 2.65. The molecule has 18 heavy (non-hydrogen) atoms. The fraction of sp³-hybridized carbons (Fsp3) is 0.308. The molecular formula is C13H17FN4. The van der Waals surface area contributed by atoms with E-state index in [-0.39, 0.29) is 11.9 Å². The standard InChI is InChI=1S/C13H17FN4/c1-9-12(8-18(2)17-9)13(7-15)16-11-5-3-4-10(14)6-11/h3-6,8,13,16H,7,15H2,1-2H3. The van der Waals surface area contributed by atoms with E-state index >= 15 is 0 Å². The van der Waals surface area contributed by atoms with Gasteiger partial charge in [-0.2, -0.15) is 5.10 Å². The van der Waals surface area contributed by atoms with Crippen molar-refractivity contribution >= 4 is 5.69 Å². The van der Waals surface area contributed by atoms with Gasteiger partial charge >= 0.3 is 0 Å². The lowest BCUT2D eigenvalue weighted by Crippen LogP contribution is -2.21. The smallest absolute Gasteiger partial charge is 0.125 e. The molecule has 4 nitrogen and oxygen atoms in total. The van der Waals surface area contributed by atoms with Crippen LogP contribution in [0.25, 0.3) is 0 Å². The Morgan fingerprint density at radius 1 is 1.50 bits per heavy atom. The minimum Gasteiger partial charge on any atom is -0.377 e. The summed E-state index contributed by atoms with van der Waals surface area (Å²) in [5.41, 5.74) is 8.45. The molecule has 2 aromatic rings. The number of benzene rings is 1. The molecule has 0 radical (unpaired) electrons. The Morgan fingerprint density at radius 2 is 2.28 bits per heavy atom. The summed E-state index contributed by atoms with van der Waals surface area (Å²) < 4.78 is 14.9.